The Labute approximate surface area is 159 Å². The molecule has 0 unspecified atom stereocenters. The van der Waals surface area contributed by atoms with Crippen LogP contribution in [0.2, 0.25) is 0 Å². The normalized spacial score (nSPS) is 12.2. The molecule has 2 N–H and O–H groups in total. The molecule has 0 aliphatic carbocycles. The predicted octanol–water partition coefficient (Wildman–Crippen LogP) is 3.44. The van der Waals surface area contributed by atoms with E-state index in [2.05, 4.69) is 25.6 Å². The first-order chi connectivity index (χ1) is 12.8. The number of alkyl halides is 3. The van der Waals surface area contributed by atoms with Gasteiger partial charge < -0.3 is 15.4 Å². The largest absolute Gasteiger partial charge is 0.496 e. The molecule has 2 aromatic heterocycles. The topological polar surface area (TPSA) is 71.4 Å². The summed E-state index contributed by atoms with van der Waals surface area (Å²) in [5, 5.41) is 7.39. The Morgan fingerprint density at radius 1 is 1.30 bits per heavy atom. The average Bonchev–Trinajstić information content (AvgIpc) is 3.08. The summed E-state index contributed by atoms with van der Waals surface area (Å²) >= 11 is 0.955. The van der Waals surface area contributed by atoms with Crippen molar-refractivity contribution >= 4 is 17.3 Å². The Bertz CT molecular complexity index is 804. The maximum atomic E-state index is 12.6. The molecule has 0 saturated heterocycles. The van der Waals surface area contributed by atoms with Crippen molar-refractivity contribution in [2.45, 2.75) is 40.0 Å². The molecule has 2 aromatic rings. The number of nitrogens with one attached hydrogen (secondary N) is 2. The Morgan fingerprint density at radius 2 is 2.04 bits per heavy atom. The van der Waals surface area contributed by atoms with Gasteiger partial charge in [0.05, 0.1) is 25.9 Å². The van der Waals surface area contributed by atoms with E-state index in [0.29, 0.717) is 24.1 Å². The first-order valence-electron chi connectivity index (χ1n) is 8.29. The average molecular weight is 401 g/mol. The third-order valence-corrected chi connectivity index (χ3v) is 4.58. The number of hydrogen-bond acceptors (Lipinski definition) is 5. The number of hydrogen-bond donors (Lipinski definition) is 2. The molecule has 0 bridgehead atoms. The number of pyridine rings is 1. The second-order valence-electron chi connectivity index (χ2n) is 5.72. The molecule has 2 heterocycles. The van der Waals surface area contributed by atoms with Crippen molar-refractivity contribution in [2.75, 3.05) is 13.7 Å². The van der Waals surface area contributed by atoms with Crippen molar-refractivity contribution in [3.05, 3.63) is 39.1 Å². The highest BCUT2D eigenvalue weighted by Crippen LogP contribution is 2.30. The minimum absolute atomic E-state index is 0.149. The molecule has 0 radical (unpaired) electrons. The number of thiazole rings is 1. The summed E-state index contributed by atoms with van der Waals surface area (Å²) in [6, 6.07) is 0. The molecule has 0 fully saturated rings. The van der Waals surface area contributed by atoms with Gasteiger partial charge in [0.15, 0.2) is 11.7 Å². The molecule has 0 spiro atoms. The lowest BCUT2D eigenvalue weighted by Gasteiger charge is -2.13. The van der Waals surface area contributed by atoms with Gasteiger partial charge in [-0.05, 0) is 20.8 Å². The van der Waals surface area contributed by atoms with E-state index in [9.17, 15) is 13.2 Å². The number of ether oxygens (including phenoxy) is 1. The smallest absolute Gasteiger partial charge is 0.434 e. The second kappa shape index (κ2) is 9.03. The van der Waals surface area contributed by atoms with Crippen LogP contribution in [-0.4, -0.2) is 29.6 Å². The van der Waals surface area contributed by atoms with Crippen LogP contribution in [0.25, 0.3) is 0 Å². The molecule has 0 aliphatic heterocycles. The van der Waals surface area contributed by atoms with Crippen molar-refractivity contribution in [3.8, 4) is 5.75 Å². The number of guanidine groups is 1. The van der Waals surface area contributed by atoms with E-state index in [1.165, 1.54) is 0 Å². The highest BCUT2D eigenvalue weighted by atomic mass is 32.1. The van der Waals surface area contributed by atoms with E-state index in [1.54, 1.807) is 13.3 Å². The van der Waals surface area contributed by atoms with Crippen LogP contribution in [0.1, 0.15) is 34.4 Å². The van der Waals surface area contributed by atoms with Gasteiger partial charge in [0, 0.05) is 29.2 Å². The highest BCUT2D eigenvalue weighted by molar-refractivity contribution is 7.09. The Hall–Kier alpha value is -2.36. The molecule has 0 aliphatic rings. The van der Waals surface area contributed by atoms with Gasteiger partial charge in [-0.2, -0.15) is 13.2 Å². The molecule has 0 saturated carbocycles. The zero-order valence-corrected chi connectivity index (χ0v) is 16.4. The lowest BCUT2D eigenvalue weighted by atomic mass is 10.1. The molecule has 148 valence electrons. The van der Waals surface area contributed by atoms with E-state index in [1.807, 2.05) is 20.8 Å². The number of aryl methyl sites for hydroxylation is 1. The first-order valence-corrected chi connectivity index (χ1v) is 9.17. The summed E-state index contributed by atoms with van der Waals surface area (Å²) < 4.78 is 43.3. The molecule has 27 heavy (non-hydrogen) atoms. The summed E-state index contributed by atoms with van der Waals surface area (Å²) in [5.74, 6) is 1.25. The molecular weight excluding hydrogens is 379 g/mol. The van der Waals surface area contributed by atoms with Crippen LogP contribution in [0.4, 0.5) is 13.2 Å². The maximum Gasteiger partial charge on any atom is 0.434 e. The third-order valence-electron chi connectivity index (χ3n) is 3.73. The van der Waals surface area contributed by atoms with E-state index in [-0.39, 0.29) is 6.54 Å². The summed E-state index contributed by atoms with van der Waals surface area (Å²) in [6.45, 7) is 6.81. The molecule has 0 aromatic carbocycles. The number of methoxy groups -OCH3 is 1. The Kier molecular flexibility index (Phi) is 7.00. The fraction of sp³-hybridized carbons (Fsp3) is 0.471. The summed E-state index contributed by atoms with van der Waals surface area (Å²) in [7, 11) is 1.61. The van der Waals surface area contributed by atoms with Gasteiger partial charge in [-0.1, -0.05) is 0 Å². The monoisotopic (exact) mass is 401 g/mol. The minimum Gasteiger partial charge on any atom is -0.496 e. The lowest BCUT2D eigenvalue weighted by molar-refractivity contribution is -0.140. The van der Waals surface area contributed by atoms with Crippen LogP contribution >= 0.6 is 11.3 Å². The zero-order chi connectivity index (χ0) is 20.0. The van der Waals surface area contributed by atoms with E-state index in [0.717, 1.165) is 39.3 Å². The van der Waals surface area contributed by atoms with Gasteiger partial charge in [-0.15, -0.1) is 11.3 Å². The number of aliphatic imine (C=N–C) groups is 1. The van der Waals surface area contributed by atoms with Gasteiger partial charge in [-0.3, -0.25) is 4.98 Å². The van der Waals surface area contributed by atoms with Gasteiger partial charge in [0.2, 0.25) is 0 Å². The Morgan fingerprint density at radius 3 is 2.63 bits per heavy atom. The first kappa shape index (κ1) is 20.9. The Balaban J connectivity index is 2.07. The number of rotatable bonds is 6. The maximum absolute atomic E-state index is 12.6. The third kappa shape index (κ3) is 5.56. The summed E-state index contributed by atoms with van der Waals surface area (Å²) in [5.41, 5.74) is 1.74. The van der Waals surface area contributed by atoms with Crippen LogP contribution in [0, 0.1) is 13.8 Å². The lowest BCUT2D eigenvalue weighted by Crippen LogP contribution is -2.36. The SMILES string of the molecule is CCNC(=NCc1ncc(C)c(OC)c1C)NCc1nc(C(F)(F)F)cs1. The minimum atomic E-state index is -4.43. The molecular formula is C17H22F3N5OS. The summed E-state index contributed by atoms with van der Waals surface area (Å²) in [4.78, 5) is 12.4. The van der Waals surface area contributed by atoms with E-state index in [4.69, 9.17) is 4.74 Å². The van der Waals surface area contributed by atoms with Crippen molar-refractivity contribution in [2.24, 2.45) is 4.99 Å². The number of halogens is 3. The van der Waals surface area contributed by atoms with Gasteiger partial charge in [0.1, 0.15) is 10.8 Å². The number of aromatic nitrogens is 2. The standard InChI is InChI=1S/C17H22F3N5OS/c1-5-21-16(24-8-14-25-13(9-27-14)17(18,19)20)23-7-12-11(3)15(26-4)10(2)6-22-12/h6,9H,5,7-8H2,1-4H3,(H2,21,23,24). The van der Waals surface area contributed by atoms with Crippen LogP contribution in [0.15, 0.2) is 16.6 Å². The molecule has 6 nitrogen and oxygen atoms in total. The van der Waals surface area contributed by atoms with E-state index < -0.39 is 11.9 Å². The highest BCUT2D eigenvalue weighted by Gasteiger charge is 2.33. The number of nitrogens with zero attached hydrogens (tertiary/aromatic N) is 3. The van der Waals surface area contributed by atoms with Crippen molar-refractivity contribution in [3.63, 3.8) is 0 Å². The van der Waals surface area contributed by atoms with Crippen LogP contribution in [-0.2, 0) is 19.3 Å². The van der Waals surface area contributed by atoms with Crippen molar-refractivity contribution in [1.82, 2.24) is 20.6 Å². The fourth-order valence-electron chi connectivity index (χ4n) is 2.41. The van der Waals surface area contributed by atoms with Crippen molar-refractivity contribution in [1.29, 1.82) is 0 Å². The molecule has 0 atom stereocenters. The van der Waals surface area contributed by atoms with Gasteiger partial charge in [-0.25, -0.2) is 9.98 Å². The van der Waals surface area contributed by atoms with Gasteiger partial charge >= 0.3 is 6.18 Å². The summed E-state index contributed by atoms with van der Waals surface area (Å²) in [6.07, 6.45) is -2.70. The van der Waals surface area contributed by atoms with E-state index >= 15 is 0 Å². The van der Waals surface area contributed by atoms with Crippen LogP contribution in [0.5, 0.6) is 5.75 Å². The predicted molar refractivity (Wildman–Crippen MR) is 99.0 cm³/mol. The molecule has 0 amide bonds. The van der Waals surface area contributed by atoms with Crippen LogP contribution in [0.3, 0.4) is 0 Å². The van der Waals surface area contributed by atoms with Crippen molar-refractivity contribution < 1.29 is 17.9 Å². The second-order valence-corrected chi connectivity index (χ2v) is 6.66. The fourth-order valence-corrected chi connectivity index (χ4v) is 3.15. The quantitative estimate of drug-likeness (QED) is 0.573. The molecule has 10 heteroatoms. The van der Waals surface area contributed by atoms with Crippen LogP contribution < -0.4 is 15.4 Å². The molecule has 2 rings (SSSR count). The zero-order valence-electron chi connectivity index (χ0n) is 15.6. The van der Waals surface area contributed by atoms with Gasteiger partial charge in [0.25, 0.3) is 0 Å².